The SMILES string of the molecule is CC(C)C(C)[C@@H](Cc1[nH]cnc1S)C(=O)[O-]. The van der Waals surface area contributed by atoms with E-state index in [4.69, 9.17) is 0 Å². The number of rotatable bonds is 5. The zero-order chi connectivity index (χ0) is 12.3. The fourth-order valence-electron chi connectivity index (χ4n) is 1.63. The number of nitrogens with one attached hydrogen (secondary N) is 1. The third-order valence-corrected chi connectivity index (χ3v) is 3.49. The van der Waals surface area contributed by atoms with Crippen LogP contribution in [0, 0.1) is 17.8 Å². The zero-order valence-electron chi connectivity index (χ0n) is 9.73. The van der Waals surface area contributed by atoms with Crippen LogP contribution in [0.15, 0.2) is 11.4 Å². The summed E-state index contributed by atoms with van der Waals surface area (Å²) in [4.78, 5) is 17.9. The number of thiol groups is 1. The topological polar surface area (TPSA) is 68.8 Å². The minimum Gasteiger partial charge on any atom is -0.550 e. The number of hydrogen-bond donors (Lipinski definition) is 2. The summed E-state index contributed by atoms with van der Waals surface area (Å²) < 4.78 is 0. The molecule has 1 rings (SSSR count). The molecule has 0 saturated carbocycles. The average molecular weight is 241 g/mol. The van der Waals surface area contributed by atoms with E-state index in [1.807, 2.05) is 20.8 Å². The second-order valence-electron chi connectivity index (χ2n) is 4.44. The molecule has 0 fully saturated rings. The molecule has 1 heterocycles. The highest BCUT2D eigenvalue weighted by molar-refractivity contribution is 7.80. The molecule has 1 unspecified atom stereocenters. The number of nitrogens with zero attached hydrogens (tertiary/aromatic N) is 1. The molecule has 2 atom stereocenters. The van der Waals surface area contributed by atoms with Crippen LogP contribution in [0.3, 0.4) is 0 Å². The van der Waals surface area contributed by atoms with E-state index in [1.165, 1.54) is 6.33 Å². The summed E-state index contributed by atoms with van der Waals surface area (Å²) in [6, 6.07) is 0. The van der Waals surface area contributed by atoms with Crippen molar-refractivity contribution in [2.24, 2.45) is 17.8 Å². The number of carboxylic acids is 1. The summed E-state index contributed by atoms with van der Waals surface area (Å²) in [6.45, 7) is 5.95. The lowest BCUT2D eigenvalue weighted by atomic mass is 9.82. The second-order valence-corrected chi connectivity index (χ2v) is 4.86. The predicted octanol–water partition coefficient (Wildman–Crippen LogP) is 0.899. The van der Waals surface area contributed by atoms with E-state index < -0.39 is 11.9 Å². The van der Waals surface area contributed by atoms with Gasteiger partial charge in [-0.3, -0.25) is 0 Å². The molecule has 5 heteroatoms. The van der Waals surface area contributed by atoms with Gasteiger partial charge >= 0.3 is 0 Å². The Morgan fingerprint density at radius 2 is 2.19 bits per heavy atom. The average Bonchev–Trinajstić information content (AvgIpc) is 2.59. The Labute approximate surface area is 101 Å². The van der Waals surface area contributed by atoms with Gasteiger partial charge in [0.15, 0.2) is 0 Å². The number of imidazole rings is 1. The van der Waals surface area contributed by atoms with E-state index in [2.05, 4.69) is 22.6 Å². The molecule has 0 aliphatic carbocycles. The number of aromatic nitrogens is 2. The first-order valence-electron chi connectivity index (χ1n) is 5.35. The van der Waals surface area contributed by atoms with Crippen molar-refractivity contribution in [1.82, 2.24) is 9.97 Å². The minimum absolute atomic E-state index is 0.0565. The van der Waals surface area contributed by atoms with Gasteiger partial charge in [0.2, 0.25) is 0 Å². The minimum atomic E-state index is -1.01. The summed E-state index contributed by atoms with van der Waals surface area (Å²) in [7, 11) is 0. The van der Waals surface area contributed by atoms with E-state index in [0.29, 0.717) is 17.4 Å². The maximum atomic E-state index is 11.1. The van der Waals surface area contributed by atoms with Crippen molar-refractivity contribution in [3.63, 3.8) is 0 Å². The highest BCUT2D eigenvalue weighted by atomic mass is 32.1. The molecule has 0 aromatic carbocycles. The molecule has 1 aromatic heterocycles. The van der Waals surface area contributed by atoms with E-state index in [1.54, 1.807) is 0 Å². The fourth-order valence-corrected chi connectivity index (χ4v) is 1.85. The molecule has 1 aromatic rings. The van der Waals surface area contributed by atoms with Crippen LogP contribution in [0.1, 0.15) is 26.5 Å². The maximum absolute atomic E-state index is 11.1. The molecule has 0 aliphatic heterocycles. The Morgan fingerprint density at radius 3 is 2.56 bits per heavy atom. The third kappa shape index (κ3) is 3.01. The van der Waals surface area contributed by atoms with Gasteiger partial charge in [-0.25, -0.2) is 4.98 Å². The molecule has 0 amide bonds. The number of carboxylic acid groups (broad SMARTS) is 1. The maximum Gasteiger partial charge on any atom is 0.114 e. The number of H-pyrrole nitrogens is 1. The first-order valence-corrected chi connectivity index (χ1v) is 5.80. The van der Waals surface area contributed by atoms with Crippen molar-refractivity contribution >= 4 is 18.6 Å². The predicted molar refractivity (Wildman–Crippen MR) is 62.0 cm³/mol. The van der Waals surface area contributed by atoms with Crippen molar-refractivity contribution in [1.29, 1.82) is 0 Å². The fraction of sp³-hybridized carbons (Fsp3) is 0.636. The number of carbonyl (C=O) groups excluding carboxylic acids is 1. The van der Waals surface area contributed by atoms with Gasteiger partial charge in [0.05, 0.1) is 6.33 Å². The normalized spacial score (nSPS) is 15.1. The standard InChI is InChI=1S/C11H18N2O2S/c1-6(2)7(3)8(11(14)15)4-9-10(16)13-5-12-9/h5-8,16H,4H2,1-3H3,(H,12,13)(H,14,15)/p-1/t7?,8-/m1/s1. The van der Waals surface area contributed by atoms with Crippen LogP contribution in [0.5, 0.6) is 0 Å². The Kier molecular flexibility index (Phi) is 4.41. The molecule has 0 spiro atoms. The van der Waals surface area contributed by atoms with Crippen molar-refractivity contribution in [3.8, 4) is 0 Å². The van der Waals surface area contributed by atoms with Crippen LogP contribution in [0.25, 0.3) is 0 Å². The van der Waals surface area contributed by atoms with E-state index in [0.717, 1.165) is 5.69 Å². The van der Waals surface area contributed by atoms with Crippen molar-refractivity contribution in [2.45, 2.75) is 32.2 Å². The summed E-state index contributed by atoms with van der Waals surface area (Å²) in [5.74, 6) is -1.16. The number of aliphatic carboxylic acids is 1. The summed E-state index contributed by atoms with van der Waals surface area (Å²) in [5, 5.41) is 11.7. The van der Waals surface area contributed by atoms with Crippen LogP contribution in [0.4, 0.5) is 0 Å². The lowest BCUT2D eigenvalue weighted by molar-refractivity contribution is -0.313. The van der Waals surface area contributed by atoms with Crippen LogP contribution in [0.2, 0.25) is 0 Å². The van der Waals surface area contributed by atoms with Gasteiger partial charge < -0.3 is 14.9 Å². The van der Waals surface area contributed by atoms with E-state index in [-0.39, 0.29) is 5.92 Å². The summed E-state index contributed by atoms with van der Waals surface area (Å²) >= 11 is 4.16. The molecule has 0 saturated heterocycles. The Balaban J connectivity index is 2.81. The van der Waals surface area contributed by atoms with Gasteiger partial charge in [-0.05, 0) is 18.3 Å². The molecule has 90 valence electrons. The highest BCUT2D eigenvalue weighted by Gasteiger charge is 2.23. The van der Waals surface area contributed by atoms with Gasteiger partial charge in [-0.1, -0.05) is 20.8 Å². The molecule has 0 bridgehead atoms. The molecule has 16 heavy (non-hydrogen) atoms. The monoisotopic (exact) mass is 241 g/mol. The number of hydrogen-bond acceptors (Lipinski definition) is 4. The lowest BCUT2D eigenvalue weighted by Crippen LogP contribution is -2.38. The molecular formula is C11H17N2O2S-. The molecule has 0 aliphatic rings. The quantitative estimate of drug-likeness (QED) is 0.753. The van der Waals surface area contributed by atoms with Crippen LogP contribution in [-0.2, 0) is 11.2 Å². The summed E-state index contributed by atoms with van der Waals surface area (Å²) in [6.07, 6.45) is 1.91. The molecular weight excluding hydrogens is 224 g/mol. The molecule has 1 N–H and O–H groups in total. The van der Waals surface area contributed by atoms with Gasteiger partial charge in [0.25, 0.3) is 0 Å². The third-order valence-electron chi connectivity index (χ3n) is 3.11. The van der Waals surface area contributed by atoms with Crippen molar-refractivity contribution in [3.05, 3.63) is 12.0 Å². The van der Waals surface area contributed by atoms with E-state index >= 15 is 0 Å². The zero-order valence-corrected chi connectivity index (χ0v) is 10.6. The van der Waals surface area contributed by atoms with E-state index in [9.17, 15) is 9.90 Å². The first kappa shape index (κ1) is 13.1. The van der Waals surface area contributed by atoms with Crippen molar-refractivity contribution < 1.29 is 9.90 Å². The Hall–Kier alpha value is -0.970. The Bertz CT molecular complexity index is 363. The van der Waals surface area contributed by atoms with Gasteiger partial charge in [-0.15, -0.1) is 12.6 Å². The highest BCUT2D eigenvalue weighted by Crippen LogP contribution is 2.24. The number of aromatic amines is 1. The van der Waals surface area contributed by atoms with Crippen molar-refractivity contribution in [2.75, 3.05) is 0 Å². The number of carbonyl (C=O) groups is 1. The molecule has 0 radical (unpaired) electrons. The van der Waals surface area contributed by atoms with Gasteiger partial charge in [0.1, 0.15) is 5.03 Å². The lowest BCUT2D eigenvalue weighted by Gasteiger charge is -2.27. The largest absolute Gasteiger partial charge is 0.550 e. The second kappa shape index (κ2) is 5.39. The van der Waals surface area contributed by atoms with Gasteiger partial charge in [-0.2, -0.15) is 0 Å². The summed E-state index contributed by atoms with van der Waals surface area (Å²) in [5.41, 5.74) is 0.755. The van der Waals surface area contributed by atoms with Gasteiger partial charge in [0, 0.05) is 17.6 Å². The first-order chi connectivity index (χ1) is 7.43. The smallest absolute Gasteiger partial charge is 0.114 e. The van der Waals surface area contributed by atoms with Crippen LogP contribution >= 0.6 is 12.6 Å². The Morgan fingerprint density at radius 1 is 1.56 bits per heavy atom. The molecule has 4 nitrogen and oxygen atoms in total. The van der Waals surface area contributed by atoms with Crippen LogP contribution < -0.4 is 5.11 Å². The van der Waals surface area contributed by atoms with Crippen LogP contribution in [-0.4, -0.2) is 15.9 Å².